The van der Waals surface area contributed by atoms with Crippen LogP contribution in [0.2, 0.25) is 0 Å². The van der Waals surface area contributed by atoms with Crippen LogP contribution in [0.25, 0.3) is 0 Å². The lowest BCUT2D eigenvalue weighted by Gasteiger charge is -2.40. The van der Waals surface area contributed by atoms with Gasteiger partial charge in [0, 0.05) is 47.3 Å². The van der Waals surface area contributed by atoms with E-state index in [4.69, 9.17) is 0 Å². The summed E-state index contributed by atoms with van der Waals surface area (Å²) in [4.78, 5) is 7.24. The Morgan fingerprint density at radius 3 is 2.68 bits per heavy atom. The van der Waals surface area contributed by atoms with Gasteiger partial charge < -0.3 is 10.2 Å². The zero-order valence-corrected chi connectivity index (χ0v) is 15.8. The summed E-state index contributed by atoms with van der Waals surface area (Å²) in [6.45, 7) is 11.8. The van der Waals surface area contributed by atoms with E-state index in [1.165, 1.54) is 24.1 Å². The summed E-state index contributed by atoms with van der Waals surface area (Å²) in [7, 11) is 0. The first-order chi connectivity index (χ1) is 10.6. The summed E-state index contributed by atoms with van der Waals surface area (Å²) in [5.41, 5.74) is 4.00. The van der Waals surface area contributed by atoms with Gasteiger partial charge in [0.1, 0.15) is 0 Å². The lowest BCUT2D eigenvalue weighted by Crippen LogP contribution is -2.52. The van der Waals surface area contributed by atoms with Gasteiger partial charge in [0.15, 0.2) is 0 Å². The molecule has 2 aliphatic rings. The number of piperazine rings is 1. The minimum Gasteiger partial charge on any atom is -0.366 e. The Kier molecular flexibility index (Phi) is 6.04. The maximum absolute atomic E-state index is 4.63. The minimum absolute atomic E-state index is 0.355. The first kappa shape index (κ1) is 17.5. The summed E-state index contributed by atoms with van der Waals surface area (Å²) < 4.78 is 1.13. The van der Waals surface area contributed by atoms with Crippen molar-refractivity contribution in [2.24, 2.45) is 4.99 Å². The molecule has 22 heavy (non-hydrogen) atoms. The third-order valence-electron chi connectivity index (χ3n) is 4.60. The van der Waals surface area contributed by atoms with Crippen LogP contribution in [0.1, 0.15) is 47.0 Å². The van der Waals surface area contributed by atoms with Gasteiger partial charge in [-0.3, -0.25) is 4.99 Å². The monoisotopic (exact) mass is 365 g/mol. The van der Waals surface area contributed by atoms with Crippen LogP contribution in [0.5, 0.6) is 0 Å². The summed E-state index contributed by atoms with van der Waals surface area (Å²) in [5, 5.41) is 3.54. The van der Waals surface area contributed by atoms with E-state index in [1.54, 1.807) is 0 Å². The lowest BCUT2D eigenvalue weighted by atomic mass is 10.0. The molecule has 1 heterocycles. The Hall–Kier alpha value is -0.870. The molecule has 1 saturated carbocycles. The second-order valence-electron chi connectivity index (χ2n) is 6.16. The molecular formula is C18H28BrN3. The molecule has 1 aliphatic carbocycles. The molecule has 122 valence electrons. The van der Waals surface area contributed by atoms with E-state index in [-0.39, 0.29) is 0 Å². The smallest absolute Gasteiger partial charge is 0.0525 e. The summed E-state index contributed by atoms with van der Waals surface area (Å²) in [5.74, 6) is 0. The molecule has 0 amide bonds. The minimum atomic E-state index is 0.355. The second kappa shape index (κ2) is 7.60. The van der Waals surface area contributed by atoms with Gasteiger partial charge >= 0.3 is 0 Å². The Bertz CT molecular complexity index is 524. The molecule has 2 rings (SSSR count). The first-order valence-corrected chi connectivity index (χ1v) is 9.06. The van der Waals surface area contributed by atoms with Crippen molar-refractivity contribution in [3.05, 3.63) is 34.1 Å². The fourth-order valence-corrected chi connectivity index (χ4v) is 3.75. The number of hydrogen-bond acceptors (Lipinski definition) is 3. The van der Waals surface area contributed by atoms with Crippen molar-refractivity contribution >= 4 is 21.6 Å². The highest BCUT2D eigenvalue weighted by atomic mass is 79.9. The van der Waals surface area contributed by atoms with Crippen LogP contribution >= 0.6 is 15.9 Å². The molecule has 0 bridgehead atoms. The molecule has 2 fully saturated rings. The Balaban J connectivity index is 2.38. The van der Waals surface area contributed by atoms with Crippen molar-refractivity contribution < 1.29 is 0 Å². The summed E-state index contributed by atoms with van der Waals surface area (Å²) in [6, 6.07) is 0. The third-order valence-corrected chi connectivity index (χ3v) is 5.45. The van der Waals surface area contributed by atoms with Crippen LogP contribution in [0, 0.1) is 0 Å². The quantitative estimate of drug-likeness (QED) is 0.578. The average Bonchev–Trinajstić information content (AvgIpc) is 3.27. The van der Waals surface area contributed by atoms with Crippen LogP contribution in [-0.4, -0.2) is 35.8 Å². The highest BCUT2D eigenvalue weighted by Gasteiger charge is 2.49. The number of nitrogens with zero attached hydrogens (tertiary/aromatic N) is 2. The zero-order chi connectivity index (χ0) is 16.2. The zero-order valence-electron chi connectivity index (χ0n) is 14.2. The van der Waals surface area contributed by atoms with Gasteiger partial charge in [0.25, 0.3) is 0 Å². The van der Waals surface area contributed by atoms with Gasteiger partial charge in [0.2, 0.25) is 0 Å². The molecule has 0 aromatic rings. The van der Waals surface area contributed by atoms with Gasteiger partial charge in [-0.2, -0.15) is 0 Å². The van der Waals surface area contributed by atoms with Crippen molar-refractivity contribution in [2.75, 3.05) is 19.6 Å². The van der Waals surface area contributed by atoms with Crippen LogP contribution in [0.4, 0.5) is 0 Å². The van der Waals surface area contributed by atoms with E-state index in [2.05, 4.69) is 71.0 Å². The summed E-state index contributed by atoms with van der Waals surface area (Å²) >= 11 is 3.73. The van der Waals surface area contributed by atoms with E-state index in [9.17, 15) is 0 Å². The number of aliphatic imine (C=N–C) groups is 1. The fourth-order valence-electron chi connectivity index (χ4n) is 3.18. The van der Waals surface area contributed by atoms with Crippen molar-refractivity contribution in [1.82, 2.24) is 10.2 Å². The predicted molar refractivity (Wildman–Crippen MR) is 99.5 cm³/mol. The topological polar surface area (TPSA) is 27.6 Å². The molecule has 0 atom stereocenters. The van der Waals surface area contributed by atoms with Crippen molar-refractivity contribution in [3.63, 3.8) is 0 Å². The van der Waals surface area contributed by atoms with Crippen LogP contribution in [-0.2, 0) is 0 Å². The van der Waals surface area contributed by atoms with Gasteiger partial charge in [-0.25, -0.2) is 0 Å². The van der Waals surface area contributed by atoms with Crippen LogP contribution in [0.3, 0.4) is 0 Å². The van der Waals surface area contributed by atoms with Gasteiger partial charge in [-0.05, 0) is 40.0 Å². The van der Waals surface area contributed by atoms with Crippen LogP contribution in [0.15, 0.2) is 39.1 Å². The number of nitrogens with one attached hydrogen (secondary N) is 1. The van der Waals surface area contributed by atoms with E-state index in [0.29, 0.717) is 5.54 Å². The molecule has 0 aromatic carbocycles. The molecule has 1 aliphatic heterocycles. The number of hydrogen-bond donors (Lipinski definition) is 1. The van der Waals surface area contributed by atoms with E-state index < -0.39 is 0 Å². The normalized spacial score (nSPS) is 23.2. The van der Waals surface area contributed by atoms with Crippen molar-refractivity contribution in [3.8, 4) is 0 Å². The van der Waals surface area contributed by atoms with Gasteiger partial charge in [-0.15, -0.1) is 0 Å². The predicted octanol–water partition coefficient (Wildman–Crippen LogP) is 4.38. The Morgan fingerprint density at radius 2 is 2.09 bits per heavy atom. The molecule has 0 radical (unpaired) electrons. The Labute approximate surface area is 143 Å². The molecular weight excluding hydrogens is 338 g/mol. The maximum atomic E-state index is 4.63. The molecule has 1 spiro atoms. The van der Waals surface area contributed by atoms with Gasteiger partial charge in [0.05, 0.1) is 5.54 Å². The Morgan fingerprint density at radius 1 is 1.36 bits per heavy atom. The molecule has 1 saturated heterocycles. The maximum Gasteiger partial charge on any atom is 0.0525 e. The third kappa shape index (κ3) is 3.72. The van der Waals surface area contributed by atoms with Gasteiger partial charge in [-0.1, -0.05) is 35.0 Å². The number of halogens is 1. The second-order valence-corrected chi connectivity index (χ2v) is 7.01. The molecule has 1 N–H and O–H groups in total. The highest BCUT2D eigenvalue weighted by molar-refractivity contribution is 9.12. The van der Waals surface area contributed by atoms with Crippen molar-refractivity contribution in [2.45, 2.75) is 52.5 Å². The summed E-state index contributed by atoms with van der Waals surface area (Å²) in [6.07, 6.45) is 9.73. The number of rotatable bonds is 5. The van der Waals surface area contributed by atoms with Crippen molar-refractivity contribution in [1.29, 1.82) is 0 Å². The fraction of sp³-hybridized carbons (Fsp3) is 0.611. The SMILES string of the molecule is C\C=C(Br)/C(=C(/C)N1CCNCC12CC2)C(/C)=N/C=C/CC. The standard InChI is InChI=1S/C18H28BrN3/c1-5-7-10-21-14(3)17(16(19)6-2)15(4)22-12-11-20-13-18(22)8-9-18/h6-7,10,20H,5,8-9,11-13H2,1-4H3/b10-7+,16-6+,17-15-,21-14+. The molecule has 0 unspecified atom stereocenters. The largest absolute Gasteiger partial charge is 0.366 e. The first-order valence-electron chi connectivity index (χ1n) is 8.27. The molecule has 4 heteroatoms. The van der Waals surface area contributed by atoms with E-state index in [0.717, 1.165) is 36.2 Å². The van der Waals surface area contributed by atoms with Crippen LogP contribution < -0.4 is 5.32 Å². The number of allylic oxidation sites excluding steroid dienone is 5. The van der Waals surface area contributed by atoms with E-state index in [1.807, 2.05) is 6.20 Å². The van der Waals surface area contributed by atoms with E-state index >= 15 is 0 Å². The lowest BCUT2D eigenvalue weighted by molar-refractivity contribution is 0.189. The highest BCUT2D eigenvalue weighted by Crippen LogP contribution is 2.45. The average molecular weight is 366 g/mol. The molecule has 3 nitrogen and oxygen atoms in total. The molecule has 0 aromatic heterocycles.